The van der Waals surface area contributed by atoms with Crippen molar-refractivity contribution in [3.63, 3.8) is 0 Å². The lowest BCUT2D eigenvalue weighted by Gasteiger charge is -2.12. The third-order valence-corrected chi connectivity index (χ3v) is 7.98. The summed E-state index contributed by atoms with van der Waals surface area (Å²) in [6.07, 6.45) is -3.88. The van der Waals surface area contributed by atoms with Crippen LogP contribution in [-0.2, 0) is 19.0 Å². The minimum Gasteiger partial charge on any atom is -0.368 e. The fourth-order valence-corrected chi connectivity index (χ4v) is 5.70. The molecule has 33 heavy (non-hydrogen) atoms. The Bertz CT molecular complexity index is 1060. The molecule has 0 saturated heterocycles. The maximum Gasteiger partial charge on any atom is 0.416 e. The second-order valence-corrected chi connectivity index (χ2v) is 10.3. The van der Waals surface area contributed by atoms with Crippen LogP contribution in [-0.4, -0.2) is 27.2 Å². The van der Waals surface area contributed by atoms with Gasteiger partial charge in [-0.2, -0.15) is 13.2 Å². The Labute approximate surface area is 200 Å². The first-order chi connectivity index (χ1) is 15.6. The molecule has 1 aromatic heterocycles. The number of halogens is 3. The van der Waals surface area contributed by atoms with Gasteiger partial charge in [-0.05, 0) is 55.2 Å². The summed E-state index contributed by atoms with van der Waals surface area (Å²) in [5, 5.41) is 18.9. The van der Waals surface area contributed by atoms with E-state index in [1.54, 1.807) is 23.1 Å². The Morgan fingerprint density at radius 1 is 1.09 bits per heavy atom. The smallest absolute Gasteiger partial charge is 0.368 e. The normalized spacial score (nSPS) is 13.0. The van der Waals surface area contributed by atoms with Crippen molar-refractivity contribution in [2.45, 2.75) is 63.3 Å². The monoisotopic (exact) mass is 495 g/mol. The number of aliphatic hydroxyl groups excluding tert-OH is 1. The van der Waals surface area contributed by atoms with Crippen LogP contribution in [0.2, 0.25) is 0 Å². The van der Waals surface area contributed by atoms with E-state index in [4.69, 9.17) is 15.2 Å². The van der Waals surface area contributed by atoms with E-state index in [9.17, 15) is 13.2 Å². The Balaban J connectivity index is 1.69. The molecule has 2 N–H and O–H groups in total. The van der Waals surface area contributed by atoms with E-state index in [1.165, 1.54) is 12.1 Å². The van der Waals surface area contributed by atoms with E-state index < -0.39 is 18.0 Å². The number of thiazole rings is 1. The minimum absolute atomic E-state index is 0.189. The Morgan fingerprint density at radius 3 is 2.36 bits per heavy atom. The number of hydrogen-bond donors (Lipinski definition) is 2. The van der Waals surface area contributed by atoms with Crippen LogP contribution >= 0.6 is 23.1 Å². The fourth-order valence-electron chi connectivity index (χ4n) is 3.55. The summed E-state index contributed by atoms with van der Waals surface area (Å²) >= 11 is 3.29. The van der Waals surface area contributed by atoms with Crippen molar-refractivity contribution < 1.29 is 23.4 Å². The van der Waals surface area contributed by atoms with Gasteiger partial charge in [-0.15, -0.1) is 23.1 Å². The highest BCUT2D eigenvalue weighted by Gasteiger charge is 2.30. The topological polar surface area (TPSA) is 53.4 Å². The molecule has 0 bridgehead atoms. The molecule has 3 nitrogen and oxygen atoms in total. The molecule has 1 unspecified atom stereocenters. The third-order valence-electron chi connectivity index (χ3n) is 5.46. The lowest BCUT2D eigenvalue weighted by atomic mass is 10.0. The zero-order valence-electron chi connectivity index (χ0n) is 18.8. The standard InChI is InChI=1S/C25H28F3NO2S2/c1-4-21-23(29-24(33-21)18-5-9-19(10-6-18)25(26,27)28)16(3)14-32-20-11-7-17(15(2)13-20)8-12-22(30)31/h5-7,9-11,13,16,22,30-31H,4,8,12,14H2,1-3H3. The van der Waals surface area contributed by atoms with Crippen LogP contribution < -0.4 is 0 Å². The van der Waals surface area contributed by atoms with Crippen LogP contribution in [0.3, 0.4) is 0 Å². The van der Waals surface area contributed by atoms with E-state index in [-0.39, 0.29) is 5.92 Å². The molecule has 2 aromatic carbocycles. The summed E-state index contributed by atoms with van der Waals surface area (Å²) in [7, 11) is 0. The van der Waals surface area contributed by atoms with Gasteiger partial charge in [0.15, 0.2) is 6.29 Å². The second-order valence-electron chi connectivity index (χ2n) is 8.08. The van der Waals surface area contributed by atoms with Crippen molar-refractivity contribution in [1.82, 2.24) is 4.98 Å². The predicted molar refractivity (Wildman–Crippen MR) is 129 cm³/mol. The van der Waals surface area contributed by atoms with Gasteiger partial charge in [-0.1, -0.05) is 32.0 Å². The number of aryl methyl sites for hydroxylation is 3. The number of thioether (sulfide) groups is 1. The highest BCUT2D eigenvalue weighted by Crippen LogP contribution is 2.36. The number of hydrogen-bond acceptors (Lipinski definition) is 5. The lowest BCUT2D eigenvalue weighted by molar-refractivity contribution is -0.137. The SMILES string of the molecule is CCc1sc(-c2ccc(C(F)(F)F)cc2)nc1C(C)CSc1ccc(CCC(O)O)c(C)c1. The van der Waals surface area contributed by atoms with E-state index in [1.807, 2.05) is 13.0 Å². The minimum atomic E-state index is -4.34. The first-order valence-electron chi connectivity index (χ1n) is 10.8. The summed E-state index contributed by atoms with van der Waals surface area (Å²) in [6, 6.07) is 11.4. The van der Waals surface area contributed by atoms with Crippen LogP contribution in [0, 0.1) is 6.92 Å². The van der Waals surface area contributed by atoms with E-state index in [2.05, 4.69) is 26.0 Å². The van der Waals surface area contributed by atoms with Crippen molar-refractivity contribution in [1.29, 1.82) is 0 Å². The van der Waals surface area contributed by atoms with Crippen molar-refractivity contribution in [3.8, 4) is 10.6 Å². The Kier molecular flexibility index (Phi) is 8.61. The molecule has 0 fully saturated rings. The van der Waals surface area contributed by atoms with Crippen LogP contribution in [0.1, 0.15) is 53.4 Å². The number of aromatic nitrogens is 1. The van der Waals surface area contributed by atoms with Gasteiger partial charge >= 0.3 is 6.18 Å². The van der Waals surface area contributed by atoms with E-state index in [0.29, 0.717) is 18.4 Å². The highest BCUT2D eigenvalue weighted by molar-refractivity contribution is 7.99. The van der Waals surface area contributed by atoms with E-state index in [0.717, 1.165) is 55.9 Å². The zero-order valence-corrected chi connectivity index (χ0v) is 20.4. The van der Waals surface area contributed by atoms with E-state index >= 15 is 0 Å². The van der Waals surface area contributed by atoms with Gasteiger partial charge in [0.25, 0.3) is 0 Å². The number of benzene rings is 2. The average molecular weight is 496 g/mol. The van der Waals surface area contributed by atoms with Gasteiger partial charge in [0.2, 0.25) is 0 Å². The number of alkyl halides is 3. The highest BCUT2D eigenvalue weighted by atomic mass is 32.2. The van der Waals surface area contributed by atoms with Crippen molar-refractivity contribution in [2.75, 3.05) is 5.75 Å². The third kappa shape index (κ3) is 6.82. The molecule has 0 aliphatic heterocycles. The molecule has 8 heteroatoms. The quantitative estimate of drug-likeness (QED) is 0.252. The van der Waals surface area contributed by atoms with Crippen LogP contribution in [0.25, 0.3) is 10.6 Å². The lowest BCUT2D eigenvalue weighted by Crippen LogP contribution is -2.06. The molecule has 3 rings (SSSR count). The summed E-state index contributed by atoms with van der Waals surface area (Å²) in [5.41, 5.74) is 3.29. The summed E-state index contributed by atoms with van der Waals surface area (Å²) < 4.78 is 38.6. The predicted octanol–water partition coefficient (Wildman–Crippen LogP) is 6.84. The van der Waals surface area contributed by atoms with Gasteiger partial charge in [-0.25, -0.2) is 4.98 Å². The van der Waals surface area contributed by atoms with Crippen LogP contribution in [0.5, 0.6) is 0 Å². The number of rotatable bonds is 9. The first kappa shape index (κ1) is 25.7. The van der Waals surface area contributed by atoms with Gasteiger partial charge in [-0.3, -0.25) is 0 Å². The summed E-state index contributed by atoms with van der Waals surface area (Å²) in [4.78, 5) is 7.11. The molecule has 0 aliphatic rings. The molecule has 0 spiro atoms. The maximum atomic E-state index is 12.9. The largest absolute Gasteiger partial charge is 0.416 e. The molecule has 1 heterocycles. The van der Waals surface area contributed by atoms with Crippen LogP contribution in [0.4, 0.5) is 13.2 Å². The summed E-state index contributed by atoms with van der Waals surface area (Å²) in [5.74, 6) is 1.02. The molecule has 178 valence electrons. The Hall–Kier alpha value is -1.87. The average Bonchev–Trinajstić information content (AvgIpc) is 3.21. The van der Waals surface area contributed by atoms with Crippen molar-refractivity contribution in [2.24, 2.45) is 0 Å². The molecule has 1 atom stereocenters. The van der Waals surface area contributed by atoms with Gasteiger partial charge in [0.1, 0.15) is 5.01 Å². The van der Waals surface area contributed by atoms with Crippen molar-refractivity contribution >= 4 is 23.1 Å². The van der Waals surface area contributed by atoms with Gasteiger partial charge in [0, 0.05) is 33.4 Å². The maximum absolute atomic E-state index is 12.9. The molecule has 0 saturated carbocycles. The molecular weight excluding hydrogens is 467 g/mol. The molecular formula is C25H28F3NO2S2. The zero-order chi connectivity index (χ0) is 24.2. The molecule has 0 aliphatic carbocycles. The molecule has 3 aromatic rings. The van der Waals surface area contributed by atoms with Gasteiger partial charge in [0.05, 0.1) is 11.3 Å². The van der Waals surface area contributed by atoms with Crippen LogP contribution in [0.15, 0.2) is 47.4 Å². The van der Waals surface area contributed by atoms with Gasteiger partial charge < -0.3 is 10.2 Å². The molecule has 0 radical (unpaired) electrons. The van der Waals surface area contributed by atoms with Crippen molar-refractivity contribution in [3.05, 3.63) is 69.7 Å². The number of aliphatic hydroxyl groups is 2. The fraction of sp³-hybridized carbons (Fsp3) is 0.400. The first-order valence-corrected chi connectivity index (χ1v) is 12.6. The molecule has 0 amide bonds. The second kappa shape index (κ2) is 11.0. The number of nitrogens with zero attached hydrogens (tertiary/aromatic N) is 1. The Morgan fingerprint density at radius 2 is 1.79 bits per heavy atom. The summed E-state index contributed by atoms with van der Waals surface area (Å²) in [6.45, 7) is 6.22.